The molecule has 23 heavy (non-hydrogen) atoms. The van der Waals surface area contributed by atoms with E-state index in [2.05, 4.69) is 0 Å². The smallest absolute Gasteiger partial charge is 0.193 e. The second-order valence-corrected chi connectivity index (χ2v) is 7.31. The standard InChI is InChI=1S/C18H13FO3S/c1-23(21,22)15-9-10-16-13(11-15)3-2-4-17(16)18(20)12-5-7-14(19)8-6-12/h2-11H,1H3. The van der Waals surface area contributed by atoms with E-state index in [1.165, 1.54) is 30.3 Å². The van der Waals surface area contributed by atoms with Gasteiger partial charge in [-0.1, -0.05) is 24.3 Å². The first-order valence-corrected chi connectivity index (χ1v) is 8.78. The minimum atomic E-state index is -3.31. The molecule has 0 aliphatic heterocycles. The Kier molecular flexibility index (Phi) is 3.74. The van der Waals surface area contributed by atoms with Gasteiger partial charge in [0.1, 0.15) is 5.82 Å². The normalized spacial score (nSPS) is 11.6. The van der Waals surface area contributed by atoms with Crippen molar-refractivity contribution in [2.75, 3.05) is 6.26 Å². The van der Waals surface area contributed by atoms with E-state index in [1.54, 1.807) is 30.3 Å². The van der Waals surface area contributed by atoms with Crippen LogP contribution >= 0.6 is 0 Å². The second-order valence-electron chi connectivity index (χ2n) is 5.30. The van der Waals surface area contributed by atoms with E-state index in [-0.39, 0.29) is 10.7 Å². The Balaban J connectivity index is 2.15. The first-order valence-electron chi connectivity index (χ1n) is 6.89. The molecule has 3 rings (SSSR count). The van der Waals surface area contributed by atoms with Gasteiger partial charge in [-0.05, 0) is 47.2 Å². The topological polar surface area (TPSA) is 51.2 Å². The molecule has 0 spiro atoms. The quantitative estimate of drug-likeness (QED) is 0.690. The summed E-state index contributed by atoms with van der Waals surface area (Å²) in [5.41, 5.74) is 0.834. The predicted octanol–water partition coefficient (Wildman–Crippen LogP) is 3.61. The van der Waals surface area contributed by atoms with E-state index in [0.717, 1.165) is 6.26 Å². The van der Waals surface area contributed by atoms with Crippen molar-refractivity contribution in [1.29, 1.82) is 0 Å². The number of hydrogen-bond acceptors (Lipinski definition) is 3. The van der Waals surface area contributed by atoms with Crippen LogP contribution in [0.3, 0.4) is 0 Å². The molecule has 0 aliphatic carbocycles. The van der Waals surface area contributed by atoms with Crippen LogP contribution in [0.5, 0.6) is 0 Å². The summed E-state index contributed by atoms with van der Waals surface area (Å²) in [5, 5.41) is 1.33. The third-order valence-corrected chi connectivity index (χ3v) is 4.74. The fourth-order valence-electron chi connectivity index (χ4n) is 2.45. The first-order chi connectivity index (χ1) is 10.9. The molecule has 0 fully saturated rings. The lowest BCUT2D eigenvalue weighted by molar-refractivity contribution is 0.104. The molecule has 0 unspecified atom stereocenters. The average molecular weight is 328 g/mol. The number of hydrogen-bond donors (Lipinski definition) is 0. The first kappa shape index (κ1) is 15.4. The molecule has 0 atom stereocenters. The van der Waals surface area contributed by atoms with Crippen LogP contribution in [-0.2, 0) is 9.84 Å². The van der Waals surface area contributed by atoms with Gasteiger partial charge in [-0.3, -0.25) is 4.79 Å². The zero-order valence-electron chi connectivity index (χ0n) is 12.3. The second kappa shape index (κ2) is 5.59. The third-order valence-electron chi connectivity index (χ3n) is 3.63. The maximum atomic E-state index is 13.0. The molecule has 0 heterocycles. The number of ketones is 1. The summed E-state index contributed by atoms with van der Waals surface area (Å²) in [6.07, 6.45) is 1.14. The number of carbonyl (C=O) groups excluding carboxylic acids is 1. The van der Waals surface area contributed by atoms with Crippen LogP contribution in [0.1, 0.15) is 15.9 Å². The molecule has 3 nitrogen and oxygen atoms in total. The predicted molar refractivity (Wildman–Crippen MR) is 86.9 cm³/mol. The Bertz CT molecular complexity index is 1010. The number of sulfone groups is 1. The fraction of sp³-hybridized carbons (Fsp3) is 0.0556. The van der Waals surface area contributed by atoms with Crippen molar-refractivity contribution in [2.45, 2.75) is 4.90 Å². The van der Waals surface area contributed by atoms with Crippen LogP contribution in [0.15, 0.2) is 65.6 Å². The lowest BCUT2D eigenvalue weighted by Gasteiger charge is -2.07. The Morgan fingerprint density at radius 1 is 0.957 bits per heavy atom. The monoisotopic (exact) mass is 328 g/mol. The molecule has 0 saturated carbocycles. The summed E-state index contributed by atoms with van der Waals surface area (Å²) in [6.45, 7) is 0. The summed E-state index contributed by atoms with van der Waals surface area (Å²) in [6, 6.07) is 15.1. The van der Waals surface area contributed by atoms with Crippen molar-refractivity contribution in [3.8, 4) is 0 Å². The van der Waals surface area contributed by atoms with Crippen molar-refractivity contribution >= 4 is 26.4 Å². The molecule has 116 valence electrons. The Morgan fingerprint density at radius 2 is 1.65 bits per heavy atom. The molecule has 3 aromatic carbocycles. The van der Waals surface area contributed by atoms with E-state index < -0.39 is 15.7 Å². The van der Waals surface area contributed by atoms with Crippen LogP contribution < -0.4 is 0 Å². The molecule has 3 aromatic rings. The Morgan fingerprint density at radius 3 is 2.30 bits per heavy atom. The largest absolute Gasteiger partial charge is 0.289 e. The molecule has 5 heteroatoms. The van der Waals surface area contributed by atoms with Crippen molar-refractivity contribution in [1.82, 2.24) is 0 Å². The lowest BCUT2D eigenvalue weighted by Crippen LogP contribution is -2.03. The van der Waals surface area contributed by atoms with Crippen molar-refractivity contribution in [3.63, 3.8) is 0 Å². The molecule has 0 amide bonds. The molecule has 0 aliphatic rings. The number of carbonyl (C=O) groups is 1. The molecule has 0 bridgehead atoms. The summed E-state index contributed by atoms with van der Waals surface area (Å²) in [4.78, 5) is 12.8. The van der Waals surface area contributed by atoms with Gasteiger partial charge < -0.3 is 0 Å². The van der Waals surface area contributed by atoms with Gasteiger partial charge in [0, 0.05) is 17.4 Å². The molecule has 0 saturated heterocycles. The van der Waals surface area contributed by atoms with E-state index in [9.17, 15) is 17.6 Å². The number of benzene rings is 3. The van der Waals surface area contributed by atoms with Gasteiger partial charge >= 0.3 is 0 Å². The van der Waals surface area contributed by atoms with Gasteiger partial charge in [0.25, 0.3) is 0 Å². The highest BCUT2D eigenvalue weighted by molar-refractivity contribution is 7.90. The van der Waals surface area contributed by atoms with E-state index >= 15 is 0 Å². The third kappa shape index (κ3) is 3.00. The van der Waals surface area contributed by atoms with Crippen LogP contribution in [0, 0.1) is 5.82 Å². The maximum absolute atomic E-state index is 13.0. The van der Waals surface area contributed by atoms with Crippen molar-refractivity contribution < 1.29 is 17.6 Å². The summed E-state index contributed by atoms with van der Waals surface area (Å²) < 4.78 is 36.3. The van der Waals surface area contributed by atoms with Gasteiger partial charge in [0.05, 0.1) is 4.90 Å². The van der Waals surface area contributed by atoms with Crippen LogP contribution in [0.25, 0.3) is 10.8 Å². The van der Waals surface area contributed by atoms with Crippen LogP contribution in [0.4, 0.5) is 4.39 Å². The van der Waals surface area contributed by atoms with Gasteiger partial charge in [0.15, 0.2) is 15.6 Å². The highest BCUT2D eigenvalue weighted by Crippen LogP contribution is 2.24. The molecule has 0 aromatic heterocycles. The summed E-state index contributed by atoms with van der Waals surface area (Å²) in [7, 11) is -3.31. The molecule has 0 N–H and O–H groups in total. The molecular weight excluding hydrogens is 315 g/mol. The Labute approximate surface area is 133 Å². The summed E-state index contributed by atoms with van der Waals surface area (Å²) >= 11 is 0. The summed E-state index contributed by atoms with van der Waals surface area (Å²) in [5.74, 6) is -0.639. The Hall–Kier alpha value is -2.53. The minimum absolute atomic E-state index is 0.205. The van der Waals surface area contributed by atoms with Crippen LogP contribution in [-0.4, -0.2) is 20.5 Å². The zero-order valence-corrected chi connectivity index (χ0v) is 13.1. The SMILES string of the molecule is CS(=O)(=O)c1ccc2c(C(=O)c3ccc(F)cc3)cccc2c1. The highest BCUT2D eigenvalue weighted by atomic mass is 32.2. The van der Waals surface area contributed by atoms with Gasteiger partial charge in [-0.25, -0.2) is 12.8 Å². The van der Waals surface area contributed by atoms with Crippen molar-refractivity contribution in [2.24, 2.45) is 0 Å². The number of halogens is 1. The lowest BCUT2D eigenvalue weighted by atomic mass is 9.97. The van der Waals surface area contributed by atoms with Gasteiger partial charge in [-0.15, -0.1) is 0 Å². The zero-order chi connectivity index (χ0) is 16.6. The fourth-order valence-corrected chi connectivity index (χ4v) is 3.10. The minimum Gasteiger partial charge on any atom is -0.289 e. The number of rotatable bonds is 3. The maximum Gasteiger partial charge on any atom is 0.193 e. The molecule has 0 radical (unpaired) electrons. The molecular formula is C18H13FO3S. The van der Waals surface area contributed by atoms with E-state index in [1.807, 2.05) is 0 Å². The highest BCUT2D eigenvalue weighted by Gasteiger charge is 2.14. The van der Waals surface area contributed by atoms with E-state index in [4.69, 9.17) is 0 Å². The van der Waals surface area contributed by atoms with Gasteiger partial charge in [-0.2, -0.15) is 0 Å². The van der Waals surface area contributed by atoms with Gasteiger partial charge in [0.2, 0.25) is 0 Å². The van der Waals surface area contributed by atoms with Crippen molar-refractivity contribution in [3.05, 3.63) is 77.6 Å². The number of fused-ring (bicyclic) bond motifs is 1. The van der Waals surface area contributed by atoms with E-state index in [0.29, 0.717) is 21.9 Å². The average Bonchev–Trinajstić information content (AvgIpc) is 2.53. The van der Waals surface area contributed by atoms with Crippen LogP contribution in [0.2, 0.25) is 0 Å².